The molecule has 1 aliphatic heterocycles. The molecule has 0 radical (unpaired) electrons. The number of para-hydroxylation sites is 1. The zero-order chi connectivity index (χ0) is 23.5. The second-order valence-corrected chi connectivity index (χ2v) is 8.00. The van der Waals surface area contributed by atoms with Crippen LogP contribution in [0.4, 0.5) is 0 Å². The number of halogens is 2. The van der Waals surface area contributed by atoms with E-state index in [9.17, 15) is 5.11 Å². The van der Waals surface area contributed by atoms with Gasteiger partial charge in [0, 0.05) is 39.3 Å². The lowest BCUT2D eigenvalue weighted by molar-refractivity contribution is -0.159. The van der Waals surface area contributed by atoms with Gasteiger partial charge in [0.2, 0.25) is 0 Å². The van der Waals surface area contributed by atoms with Crippen LogP contribution in [0.25, 0.3) is 0 Å². The number of carboxylic acid groups (broad SMARTS) is 2. The van der Waals surface area contributed by atoms with Gasteiger partial charge in [0.15, 0.2) is 5.75 Å². The fourth-order valence-corrected chi connectivity index (χ4v) is 3.63. The number of aliphatic carboxylic acids is 2. The summed E-state index contributed by atoms with van der Waals surface area (Å²) in [6.07, 6.45) is -0.581. The number of carbonyl (C=O) groups is 2. The van der Waals surface area contributed by atoms with E-state index in [1.807, 2.05) is 6.07 Å². The van der Waals surface area contributed by atoms with Crippen molar-refractivity contribution in [2.45, 2.75) is 12.6 Å². The number of ether oxygens (including phenoxy) is 1. The van der Waals surface area contributed by atoms with E-state index in [2.05, 4.69) is 34.1 Å². The second-order valence-electron chi connectivity index (χ2n) is 7.19. The highest BCUT2D eigenvalue weighted by Gasteiger charge is 2.20. The van der Waals surface area contributed by atoms with Crippen LogP contribution in [-0.4, -0.2) is 82.5 Å². The highest BCUT2D eigenvalue weighted by Crippen LogP contribution is 2.32. The molecule has 174 valence electrons. The Kier molecular flexibility index (Phi) is 10.7. The zero-order valence-electron chi connectivity index (χ0n) is 17.4. The van der Waals surface area contributed by atoms with Crippen molar-refractivity contribution in [2.24, 2.45) is 0 Å². The van der Waals surface area contributed by atoms with Crippen LogP contribution in [0.2, 0.25) is 10.0 Å². The fourth-order valence-electron chi connectivity index (χ4n) is 3.12. The lowest BCUT2D eigenvalue weighted by Gasteiger charge is -2.35. The Morgan fingerprint density at radius 2 is 1.41 bits per heavy atom. The molecule has 32 heavy (non-hydrogen) atoms. The smallest absolute Gasteiger partial charge is 0.414 e. The van der Waals surface area contributed by atoms with Crippen LogP contribution in [-0.2, 0) is 16.1 Å². The van der Waals surface area contributed by atoms with E-state index in [-0.39, 0.29) is 6.61 Å². The van der Waals surface area contributed by atoms with Crippen molar-refractivity contribution >= 4 is 35.1 Å². The normalized spacial score (nSPS) is 15.3. The molecule has 1 heterocycles. The van der Waals surface area contributed by atoms with Gasteiger partial charge >= 0.3 is 11.9 Å². The number of hydrogen-bond donors (Lipinski definition) is 3. The predicted molar refractivity (Wildman–Crippen MR) is 121 cm³/mol. The Hall–Kier alpha value is -2.36. The summed E-state index contributed by atoms with van der Waals surface area (Å²) in [5.41, 5.74) is 1.34. The predicted octanol–water partition coefficient (Wildman–Crippen LogP) is 2.71. The van der Waals surface area contributed by atoms with Gasteiger partial charge in [0.05, 0.1) is 10.0 Å². The first-order valence-corrected chi connectivity index (χ1v) is 10.7. The maximum Gasteiger partial charge on any atom is 0.414 e. The SMILES string of the molecule is O=C(O)C(=O)O.OC(COc1c(Cl)cccc1Cl)CN1CCN(Cc2ccccc2)CC1. The molecule has 0 spiro atoms. The van der Waals surface area contributed by atoms with Crippen LogP contribution in [0.1, 0.15) is 5.56 Å². The number of hydrogen-bond acceptors (Lipinski definition) is 6. The Balaban J connectivity index is 0.000000534. The van der Waals surface area contributed by atoms with Gasteiger partial charge in [-0.1, -0.05) is 59.6 Å². The van der Waals surface area contributed by atoms with Crippen molar-refractivity contribution in [3.63, 3.8) is 0 Å². The quantitative estimate of drug-likeness (QED) is 0.514. The standard InChI is InChI=1S/C20H24Cl2N2O2.C2H2O4/c21-18-7-4-8-19(22)20(18)26-15-17(25)14-24-11-9-23(10-12-24)13-16-5-2-1-3-6-16;3-1(4)2(5)6/h1-8,17,25H,9-15H2;(H,3,4)(H,5,6). The van der Waals surface area contributed by atoms with Gasteiger partial charge in [0.1, 0.15) is 12.7 Å². The first-order valence-electron chi connectivity index (χ1n) is 9.96. The van der Waals surface area contributed by atoms with Crippen LogP contribution in [0, 0.1) is 0 Å². The Bertz CT molecular complexity index is 844. The minimum atomic E-state index is -1.82. The van der Waals surface area contributed by atoms with Crippen molar-refractivity contribution in [3.05, 3.63) is 64.1 Å². The number of nitrogens with zero attached hydrogens (tertiary/aromatic N) is 2. The summed E-state index contributed by atoms with van der Waals surface area (Å²) in [5, 5.41) is 26.0. The van der Waals surface area contributed by atoms with E-state index in [0.717, 1.165) is 32.7 Å². The maximum absolute atomic E-state index is 10.3. The molecular formula is C22H26Cl2N2O6. The molecule has 10 heteroatoms. The van der Waals surface area contributed by atoms with Crippen molar-refractivity contribution in [1.82, 2.24) is 9.80 Å². The third-order valence-corrected chi connectivity index (χ3v) is 5.30. The molecule has 1 atom stereocenters. The zero-order valence-corrected chi connectivity index (χ0v) is 18.9. The molecule has 0 aliphatic carbocycles. The molecule has 3 rings (SSSR count). The molecule has 2 aromatic rings. The summed E-state index contributed by atoms with van der Waals surface area (Å²) < 4.78 is 5.62. The van der Waals surface area contributed by atoms with E-state index >= 15 is 0 Å². The summed E-state index contributed by atoms with van der Waals surface area (Å²) in [6.45, 7) is 5.62. The Morgan fingerprint density at radius 1 is 0.875 bits per heavy atom. The van der Waals surface area contributed by atoms with Gasteiger partial charge in [-0.05, 0) is 17.7 Å². The van der Waals surface area contributed by atoms with Crippen LogP contribution in [0.5, 0.6) is 5.75 Å². The van der Waals surface area contributed by atoms with Crippen LogP contribution < -0.4 is 4.74 Å². The topological polar surface area (TPSA) is 111 Å². The summed E-state index contributed by atoms with van der Waals surface area (Å²) in [6, 6.07) is 15.7. The molecule has 1 aliphatic rings. The van der Waals surface area contributed by atoms with E-state index in [1.165, 1.54) is 5.56 Å². The highest BCUT2D eigenvalue weighted by molar-refractivity contribution is 6.37. The minimum Gasteiger partial charge on any atom is -0.488 e. The molecule has 3 N–H and O–H groups in total. The van der Waals surface area contributed by atoms with Crippen molar-refractivity contribution in [2.75, 3.05) is 39.3 Å². The van der Waals surface area contributed by atoms with Crippen molar-refractivity contribution in [1.29, 1.82) is 0 Å². The molecule has 8 nitrogen and oxygen atoms in total. The highest BCUT2D eigenvalue weighted by atomic mass is 35.5. The summed E-state index contributed by atoms with van der Waals surface area (Å²) in [7, 11) is 0. The van der Waals surface area contributed by atoms with Crippen LogP contribution in [0.3, 0.4) is 0 Å². The molecule has 1 saturated heterocycles. The maximum atomic E-state index is 10.3. The molecule has 0 saturated carbocycles. The average Bonchev–Trinajstić information content (AvgIpc) is 2.76. The molecule has 0 aromatic heterocycles. The van der Waals surface area contributed by atoms with Gasteiger partial charge in [-0.25, -0.2) is 9.59 Å². The second kappa shape index (κ2) is 13.2. The number of carboxylic acids is 2. The average molecular weight is 485 g/mol. The number of benzene rings is 2. The molecular weight excluding hydrogens is 459 g/mol. The van der Waals surface area contributed by atoms with Crippen LogP contribution in [0.15, 0.2) is 48.5 Å². The monoisotopic (exact) mass is 484 g/mol. The molecule has 0 bridgehead atoms. The first-order chi connectivity index (χ1) is 15.3. The number of rotatable bonds is 7. The molecule has 0 amide bonds. The summed E-state index contributed by atoms with van der Waals surface area (Å²) in [5.74, 6) is -3.22. The lowest BCUT2D eigenvalue weighted by atomic mass is 10.2. The van der Waals surface area contributed by atoms with Gasteiger partial charge in [-0.15, -0.1) is 0 Å². The van der Waals surface area contributed by atoms with Crippen LogP contribution >= 0.6 is 23.2 Å². The minimum absolute atomic E-state index is 0.174. The number of aliphatic hydroxyl groups is 1. The Labute approximate surface area is 196 Å². The third-order valence-electron chi connectivity index (χ3n) is 4.70. The molecule has 2 aromatic carbocycles. The fraction of sp³-hybridized carbons (Fsp3) is 0.364. The lowest BCUT2D eigenvalue weighted by Crippen LogP contribution is -2.48. The van der Waals surface area contributed by atoms with E-state index < -0.39 is 18.0 Å². The summed E-state index contributed by atoms with van der Waals surface area (Å²) >= 11 is 12.2. The van der Waals surface area contributed by atoms with E-state index in [0.29, 0.717) is 22.3 Å². The van der Waals surface area contributed by atoms with E-state index in [1.54, 1.807) is 18.2 Å². The van der Waals surface area contributed by atoms with Gasteiger partial charge in [-0.2, -0.15) is 0 Å². The van der Waals surface area contributed by atoms with Crippen molar-refractivity contribution in [3.8, 4) is 5.75 Å². The van der Waals surface area contributed by atoms with Gasteiger partial charge < -0.3 is 20.1 Å². The van der Waals surface area contributed by atoms with E-state index in [4.69, 9.17) is 47.7 Å². The number of piperazine rings is 1. The first kappa shape index (κ1) is 25.9. The Morgan fingerprint density at radius 3 is 1.94 bits per heavy atom. The largest absolute Gasteiger partial charge is 0.488 e. The molecule has 1 unspecified atom stereocenters. The summed E-state index contributed by atoms with van der Waals surface area (Å²) in [4.78, 5) is 22.9. The number of β-amino-alcohol motifs (C(OH)–C–C–N with tert-alkyl or cyclic N) is 1. The molecule has 1 fully saturated rings. The third kappa shape index (κ3) is 9.02. The van der Waals surface area contributed by atoms with Gasteiger partial charge in [-0.3, -0.25) is 9.80 Å². The van der Waals surface area contributed by atoms with Crippen molar-refractivity contribution < 1.29 is 29.6 Å². The number of aliphatic hydroxyl groups excluding tert-OH is 1. The van der Waals surface area contributed by atoms with Gasteiger partial charge in [0.25, 0.3) is 0 Å².